The third-order valence-electron chi connectivity index (χ3n) is 5.82. The van der Waals surface area contributed by atoms with Crippen molar-refractivity contribution in [3.05, 3.63) is 47.5 Å². The molecule has 3 aromatic rings. The molecule has 2 aliphatic heterocycles. The van der Waals surface area contributed by atoms with Crippen LogP contribution in [-0.4, -0.2) is 74.8 Å². The summed E-state index contributed by atoms with van der Waals surface area (Å²) in [4.78, 5) is 55.8. The maximum Gasteiger partial charge on any atom is 0.338 e. The lowest BCUT2D eigenvalue weighted by Gasteiger charge is -2.25. The molecule has 1 atom stereocenters. The Morgan fingerprint density at radius 3 is 2.33 bits per heavy atom. The number of hydrogen-bond acceptors (Lipinski definition) is 13. The van der Waals surface area contributed by atoms with Crippen LogP contribution in [0.3, 0.4) is 0 Å². The first-order valence-electron chi connectivity index (χ1n) is 12.1. The summed E-state index contributed by atoms with van der Waals surface area (Å²) in [6.07, 6.45) is 0. The molecule has 1 unspecified atom stereocenters. The average Bonchev–Trinajstić information content (AvgIpc) is 3.46. The first kappa shape index (κ1) is 29.6. The summed E-state index contributed by atoms with van der Waals surface area (Å²) in [5.74, 6) is -5.15. The number of Topliss-reactive ketones (excluding diaryl/α,β-unsaturated/α-hetero) is 1. The van der Waals surface area contributed by atoms with Gasteiger partial charge in [-0.15, -0.1) is 4.40 Å². The van der Waals surface area contributed by atoms with Gasteiger partial charge in [-0.25, -0.2) is 31.4 Å². The molecule has 14 nitrogen and oxygen atoms in total. The quantitative estimate of drug-likeness (QED) is 0.262. The fourth-order valence-electron chi connectivity index (χ4n) is 4.09. The number of thioether (sulfide) groups is 1. The smallest absolute Gasteiger partial charge is 0.338 e. The van der Waals surface area contributed by atoms with Gasteiger partial charge in [0.05, 0.1) is 40.2 Å². The SMILES string of the molecule is CCOC(=O)c1ccc2c(c1)SC1=NS(=O)(=O)C(C(=O)CS(=O)(=O)Nc3nc4ccc(C(=O)OCC)cc4s3)C(=O)N12. The summed E-state index contributed by atoms with van der Waals surface area (Å²) in [6, 6.07) is 8.58. The van der Waals surface area contributed by atoms with E-state index in [2.05, 4.69) is 14.1 Å². The minimum absolute atomic E-state index is 0.134. The van der Waals surface area contributed by atoms with Crippen LogP contribution in [0.2, 0.25) is 0 Å². The Labute approximate surface area is 247 Å². The Hall–Kier alpha value is -3.87. The molecule has 0 spiro atoms. The predicted octanol–water partition coefficient (Wildman–Crippen LogP) is 2.17. The fourth-order valence-corrected chi connectivity index (χ4v) is 9.00. The van der Waals surface area contributed by atoms with Crippen molar-refractivity contribution in [1.29, 1.82) is 0 Å². The molecule has 5 rings (SSSR count). The van der Waals surface area contributed by atoms with Crippen molar-refractivity contribution >= 4 is 93.0 Å². The summed E-state index contributed by atoms with van der Waals surface area (Å²) in [7, 11) is -9.30. The molecule has 0 bridgehead atoms. The molecule has 0 saturated heterocycles. The van der Waals surface area contributed by atoms with Gasteiger partial charge < -0.3 is 9.47 Å². The van der Waals surface area contributed by atoms with Gasteiger partial charge in [-0.1, -0.05) is 11.3 Å². The van der Waals surface area contributed by atoms with Gasteiger partial charge in [0.2, 0.25) is 15.3 Å². The highest BCUT2D eigenvalue weighted by atomic mass is 32.2. The average molecular weight is 653 g/mol. The monoisotopic (exact) mass is 652 g/mol. The molecule has 42 heavy (non-hydrogen) atoms. The van der Waals surface area contributed by atoms with Crippen LogP contribution in [0.15, 0.2) is 45.7 Å². The minimum Gasteiger partial charge on any atom is -0.462 e. The van der Waals surface area contributed by atoms with Gasteiger partial charge >= 0.3 is 11.9 Å². The number of thiazole rings is 1. The van der Waals surface area contributed by atoms with E-state index in [0.29, 0.717) is 15.1 Å². The number of nitrogens with one attached hydrogen (secondary N) is 1. The lowest BCUT2D eigenvalue weighted by Crippen LogP contribution is -2.53. The Kier molecular flexibility index (Phi) is 7.82. The summed E-state index contributed by atoms with van der Waals surface area (Å²) in [6.45, 7) is 3.59. The molecule has 0 aliphatic carbocycles. The topological polar surface area (TPSA) is 196 Å². The molecule has 3 heterocycles. The van der Waals surface area contributed by atoms with E-state index in [0.717, 1.165) is 28.0 Å². The van der Waals surface area contributed by atoms with Crippen LogP contribution in [0.25, 0.3) is 10.2 Å². The van der Waals surface area contributed by atoms with Gasteiger partial charge in [-0.2, -0.15) is 0 Å². The van der Waals surface area contributed by atoms with Gasteiger partial charge in [0.1, 0.15) is 5.75 Å². The van der Waals surface area contributed by atoms with E-state index in [9.17, 15) is 36.0 Å². The number of nitrogens with zero attached hydrogens (tertiary/aromatic N) is 3. The highest BCUT2D eigenvalue weighted by Gasteiger charge is 2.51. The van der Waals surface area contributed by atoms with Crippen molar-refractivity contribution in [2.45, 2.75) is 24.0 Å². The van der Waals surface area contributed by atoms with E-state index in [1.54, 1.807) is 13.8 Å². The number of benzene rings is 2. The molecule has 0 fully saturated rings. The van der Waals surface area contributed by atoms with Crippen molar-refractivity contribution in [2.75, 3.05) is 28.6 Å². The van der Waals surface area contributed by atoms with Crippen LogP contribution in [0.4, 0.5) is 10.8 Å². The van der Waals surface area contributed by atoms with Gasteiger partial charge in [-0.05, 0) is 62.0 Å². The van der Waals surface area contributed by atoms with E-state index in [4.69, 9.17) is 9.47 Å². The second-order valence-electron chi connectivity index (χ2n) is 8.70. The Morgan fingerprint density at radius 2 is 1.67 bits per heavy atom. The van der Waals surface area contributed by atoms with E-state index >= 15 is 0 Å². The fraction of sp³-hybridized carbons (Fsp3) is 0.250. The first-order chi connectivity index (χ1) is 19.8. The van der Waals surface area contributed by atoms with Crippen molar-refractivity contribution in [3.63, 3.8) is 0 Å². The van der Waals surface area contributed by atoms with Crippen LogP contribution in [0, 0.1) is 0 Å². The van der Waals surface area contributed by atoms with E-state index in [-0.39, 0.29) is 40.3 Å². The molecular weight excluding hydrogens is 633 g/mol. The van der Waals surface area contributed by atoms with Crippen LogP contribution >= 0.6 is 23.1 Å². The molecule has 1 aromatic heterocycles. The number of carbonyl (C=O) groups is 4. The number of fused-ring (bicyclic) bond motifs is 4. The Bertz CT molecular complexity index is 1920. The predicted molar refractivity (Wildman–Crippen MR) is 154 cm³/mol. The van der Waals surface area contributed by atoms with Gasteiger partial charge in [0.25, 0.3) is 15.9 Å². The number of rotatable bonds is 9. The number of carbonyl (C=O) groups excluding carboxylic acids is 4. The van der Waals surface area contributed by atoms with Crippen LogP contribution in [-0.2, 0) is 39.1 Å². The zero-order valence-electron chi connectivity index (χ0n) is 21.7. The molecule has 220 valence electrons. The minimum atomic E-state index is -4.78. The number of aromatic nitrogens is 1. The normalized spacial score (nSPS) is 17.3. The van der Waals surface area contributed by atoms with Gasteiger partial charge in [-0.3, -0.25) is 19.2 Å². The highest BCUT2D eigenvalue weighted by Crippen LogP contribution is 2.44. The molecule has 0 saturated carbocycles. The molecule has 2 aromatic carbocycles. The third kappa shape index (κ3) is 5.61. The molecular formula is C24H20N4O10S4. The number of amidine groups is 1. The second kappa shape index (κ2) is 11.1. The highest BCUT2D eigenvalue weighted by molar-refractivity contribution is 8.15. The number of amides is 1. The molecule has 1 amide bonds. The summed E-state index contributed by atoms with van der Waals surface area (Å²) in [5, 5.41) is -2.80. The van der Waals surface area contributed by atoms with Gasteiger partial charge in [0.15, 0.2) is 16.1 Å². The summed E-state index contributed by atoms with van der Waals surface area (Å²) < 4.78 is 67.5. The number of sulfonamides is 2. The van der Waals surface area contributed by atoms with Crippen molar-refractivity contribution in [2.24, 2.45) is 4.40 Å². The number of anilines is 2. The molecule has 18 heteroatoms. The number of ether oxygens (including phenoxy) is 2. The zero-order valence-corrected chi connectivity index (χ0v) is 25.0. The third-order valence-corrected chi connectivity index (χ3v) is 10.7. The van der Waals surface area contributed by atoms with Crippen molar-refractivity contribution in [1.82, 2.24) is 4.98 Å². The lowest BCUT2D eigenvalue weighted by molar-refractivity contribution is -0.124. The van der Waals surface area contributed by atoms with Crippen LogP contribution in [0.1, 0.15) is 34.6 Å². The van der Waals surface area contributed by atoms with E-state index in [1.165, 1.54) is 36.4 Å². The Morgan fingerprint density at radius 1 is 1.02 bits per heavy atom. The van der Waals surface area contributed by atoms with Crippen LogP contribution in [0.5, 0.6) is 0 Å². The van der Waals surface area contributed by atoms with Crippen molar-refractivity contribution in [3.8, 4) is 0 Å². The molecule has 1 N–H and O–H groups in total. The van der Waals surface area contributed by atoms with E-state index in [1.807, 2.05) is 0 Å². The van der Waals surface area contributed by atoms with Crippen molar-refractivity contribution < 1.29 is 45.5 Å². The van der Waals surface area contributed by atoms with Gasteiger partial charge in [0, 0.05) is 4.90 Å². The zero-order chi connectivity index (χ0) is 30.4. The largest absolute Gasteiger partial charge is 0.462 e. The standard InChI is InChI=1S/C24H20N4O10S4/c1-3-37-21(31)12-5-7-14-17(9-12)39-23(25-14)26-41(33,34)11-16(29)19-20(30)28-15-8-6-13(22(32)38-4-2)10-18(15)40-24(28)27-42(19,35)36/h5-10,19H,3-4,11H2,1-2H3,(H,25,26). The number of hydrogen-bond donors (Lipinski definition) is 1. The molecule has 2 aliphatic rings. The Balaban J connectivity index is 1.36. The van der Waals surface area contributed by atoms with E-state index < -0.39 is 54.7 Å². The summed E-state index contributed by atoms with van der Waals surface area (Å²) >= 11 is 1.68. The maximum absolute atomic E-state index is 13.3. The maximum atomic E-state index is 13.3. The van der Waals surface area contributed by atoms with Crippen LogP contribution < -0.4 is 9.62 Å². The summed E-state index contributed by atoms with van der Waals surface area (Å²) in [5.41, 5.74) is 0.940. The first-order valence-corrected chi connectivity index (χ1v) is 16.9. The molecule has 0 radical (unpaired) electrons. The lowest BCUT2D eigenvalue weighted by atomic mass is 10.2. The number of ketones is 1. The second-order valence-corrected chi connectivity index (χ2v) is 14.1. The number of esters is 2.